The highest BCUT2D eigenvalue weighted by molar-refractivity contribution is 6.30. The lowest BCUT2D eigenvalue weighted by atomic mass is 10.1. The van der Waals surface area contributed by atoms with E-state index in [1.165, 1.54) is 16.8 Å². The number of benzene rings is 2. The Balaban J connectivity index is 1.64. The molecule has 0 radical (unpaired) electrons. The fourth-order valence-corrected chi connectivity index (χ4v) is 2.76. The van der Waals surface area contributed by atoms with Crippen molar-refractivity contribution in [1.29, 1.82) is 5.26 Å². The number of aromatic nitrogens is 4. The SMILES string of the molecule is N#Cc1cccc(Cn2nc(-c3nc(-c4ccc(Cl)cc4)no3)ccc2=O)c1. The third-order valence-electron chi connectivity index (χ3n) is 4.00. The van der Waals surface area contributed by atoms with Crippen molar-refractivity contribution in [2.75, 3.05) is 0 Å². The van der Waals surface area contributed by atoms with Gasteiger partial charge in [0, 0.05) is 16.7 Å². The minimum absolute atomic E-state index is 0.199. The number of nitrogens with zero attached hydrogens (tertiary/aromatic N) is 5. The summed E-state index contributed by atoms with van der Waals surface area (Å²) in [5.41, 5.74) is 2.16. The van der Waals surface area contributed by atoms with Crippen LogP contribution in [0.1, 0.15) is 11.1 Å². The molecule has 2 heterocycles. The third kappa shape index (κ3) is 3.68. The summed E-state index contributed by atoms with van der Waals surface area (Å²) in [6.07, 6.45) is 0. The minimum atomic E-state index is -0.274. The molecule has 7 nitrogen and oxygen atoms in total. The second-order valence-corrected chi connectivity index (χ2v) is 6.39. The molecule has 0 bridgehead atoms. The lowest BCUT2D eigenvalue weighted by molar-refractivity contribution is 0.429. The van der Waals surface area contributed by atoms with Gasteiger partial charge >= 0.3 is 0 Å². The first-order chi connectivity index (χ1) is 13.6. The quantitative estimate of drug-likeness (QED) is 0.529. The molecule has 8 heteroatoms. The second-order valence-electron chi connectivity index (χ2n) is 5.96. The Bertz CT molecular complexity index is 1240. The van der Waals surface area contributed by atoms with Crippen LogP contribution in [0.3, 0.4) is 0 Å². The van der Waals surface area contributed by atoms with Crippen molar-refractivity contribution in [3.8, 4) is 29.0 Å². The highest BCUT2D eigenvalue weighted by Crippen LogP contribution is 2.22. The van der Waals surface area contributed by atoms with Gasteiger partial charge in [0.05, 0.1) is 18.2 Å². The summed E-state index contributed by atoms with van der Waals surface area (Å²) in [6, 6.07) is 19.0. The van der Waals surface area contributed by atoms with Crippen molar-refractivity contribution in [1.82, 2.24) is 19.9 Å². The van der Waals surface area contributed by atoms with E-state index in [-0.39, 0.29) is 18.0 Å². The van der Waals surface area contributed by atoms with Crippen LogP contribution in [0.5, 0.6) is 0 Å². The van der Waals surface area contributed by atoms with Crippen molar-refractivity contribution in [3.63, 3.8) is 0 Å². The molecule has 0 spiro atoms. The summed E-state index contributed by atoms with van der Waals surface area (Å²) in [5, 5.41) is 17.9. The average molecular weight is 390 g/mol. The Kier molecular flexibility index (Phi) is 4.70. The predicted molar refractivity (Wildman–Crippen MR) is 102 cm³/mol. The molecule has 136 valence electrons. The van der Waals surface area contributed by atoms with E-state index in [9.17, 15) is 4.79 Å². The monoisotopic (exact) mass is 389 g/mol. The van der Waals surface area contributed by atoms with Gasteiger partial charge in [-0.25, -0.2) is 4.68 Å². The summed E-state index contributed by atoms with van der Waals surface area (Å²) >= 11 is 5.89. The molecule has 0 saturated heterocycles. The molecule has 0 N–H and O–H groups in total. The van der Waals surface area contributed by atoms with Crippen molar-refractivity contribution in [2.45, 2.75) is 6.54 Å². The van der Waals surface area contributed by atoms with Gasteiger partial charge in [-0.15, -0.1) is 0 Å². The minimum Gasteiger partial charge on any atom is -0.332 e. The molecule has 2 aromatic heterocycles. The van der Waals surface area contributed by atoms with Gasteiger partial charge in [-0.05, 0) is 48.0 Å². The van der Waals surface area contributed by atoms with E-state index in [0.29, 0.717) is 22.1 Å². The maximum Gasteiger partial charge on any atom is 0.278 e. The van der Waals surface area contributed by atoms with Crippen LogP contribution < -0.4 is 5.56 Å². The maximum absolute atomic E-state index is 12.2. The zero-order valence-electron chi connectivity index (χ0n) is 14.4. The van der Waals surface area contributed by atoms with Gasteiger partial charge in [-0.3, -0.25) is 4.79 Å². The van der Waals surface area contributed by atoms with Crippen LogP contribution >= 0.6 is 11.6 Å². The van der Waals surface area contributed by atoms with Crippen LogP contribution in [0.15, 0.2) is 70.0 Å². The van der Waals surface area contributed by atoms with Crippen LogP contribution in [0, 0.1) is 11.3 Å². The van der Waals surface area contributed by atoms with Crippen molar-refractivity contribution < 1.29 is 4.52 Å². The van der Waals surface area contributed by atoms with Gasteiger partial charge in [0.1, 0.15) is 5.69 Å². The molecule has 0 fully saturated rings. The molecule has 28 heavy (non-hydrogen) atoms. The molecule has 0 aliphatic rings. The standard InChI is InChI=1S/C20H12ClN5O2/c21-16-6-4-15(5-7-16)19-23-20(28-25-19)17-8-9-18(27)26(24-17)12-14-3-1-2-13(10-14)11-22/h1-10H,12H2. The van der Waals surface area contributed by atoms with Crippen LogP contribution in [0.4, 0.5) is 0 Å². The number of hydrogen-bond donors (Lipinski definition) is 0. The summed E-state index contributed by atoms with van der Waals surface area (Å²) in [5.74, 6) is 0.595. The van der Waals surface area contributed by atoms with Crippen LogP contribution in [-0.2, 0) is 6.54 Å². The lowest BCUT2D eigenvalue weighted by Crippen LogP contribution is -2.22. The molecule has 0 aliphatic carbocycles. The summed E-state index contributed by atoms with van der Waals surface area (Å²) in [6.45, 7) is 0.223. The van der Waals surface area contributed by atoms with Crippen LogP contribution in [0.25, 0.3) is 23.0 Å². The molecule has 2 aromatic carbocycles. The summed E-state index contributed by atoms with van der Waals surface area (Å²) in [7, 11) is 0. The first-order valence-corrected chi connectivity index (χ1v) is 8.67. The Morgan fingerprint density at radius 2 is 1.93 bits per heavy atom. The van der Waals surface area contributed by atoms with Gasteiger partial charge in [-0.2, -0.15) is 15.3 Å². The molecule has 0 unspecified atom stereocenters. The van der Waals surface area contributed by atoms with Gasteiger partial charge in [0.25, 0.3) is 11.4 Å². The topological polar surface area (TPSA) is 97.6 Å². The highest BCUT2D eigenvalue weighted by atomic mass is 35.5. The van der Waals surface area contributed by atoms with Crippen molar-refractivity contribution in [2.24, 2.45) is 0 Å². The van der Waals surface area contributed by atoms with Gasteiger partial charge in [0.2, 0.25) is 5.82 Å². The number of nitriles is 1. The van der Waals surface area contributed by atoms with E-state index in [0.717, 1.165) is 11.1 Å². The molecule has 0 amide bonds. The smallest absolute Gasteiger partial charge is 0.278 e. The zero-order chi connectivity index (χ0) is 19.5. The summed E-state index contributed by atoms with van der Waals surface area (Å²) in [4.78, 5) is 16.5. The Morgan fingerprint density at radius 1 is 1.11 bits per heavy atom. The van der Waals surface area contributed by atoms with Gasteiger partial charge in [0.15, 0.2) is 0 Å². The van der Waals surface area contributed by atoms with Gasteiger partial charge < -0.3 is 4.52 Å². The maximum atomic E-state index is 12.2. The third-order valence-corrected chi connectivity index (χ3v) is 4.25. The Labute approximate surface area is 164 Å². The van der Waals surface area contributed by atoms with Crippen LogP contribution in [-0.4, -0.2) is 19.9 Å². The van der Waals surface area contributed by atoms with E-state index in [1.807, 2.05) is 6.07 Å². The molecule has 0 aliphatic heterocycles. The average Bonchev–Trinajstić information content (AvgIpc) is 3.20. The molecule has 0 saturated carbocycles. The fraction of sp³-hybridized carbons (Fsp3) is 0.0500. The van der Waals surface area contributed by atoms with E-state index in [1.54, 1.807) is 42.5 Å². The number of hydrogen-bond acceptors (Lipinski definition) is 6. The predicted octanol–water partition coefficient (Wildman–Crippen LogP) is 3.53. The first kappa shape index (κ1) is 17.6. The van der Waals surface area contributed by atoms with E-state index in [4.69, 9.17) is 21.4 Å². The molecular weight excluding hydrogens is 378 g/mol. The summed E-state index contributed by atoms with van der Waals surface area (Å²) < 4.78 is 6.59. The van der Waals surface area contributed by atoms with Gasteiger partial charge in [-0.1, -0.05) is 28.9 Å². The Hall–Kier alpha value is -3.76. The molecule has 0 atom stereocenters. The first-order valence-electron chi connectivity index (χ1n) is 8.29. The largest absolute Gasteiger partial charge is 0.332 e. The van der Waals surface area contributed by atoms with E-state index < -0.39 is 0 Å². The number of rotatable bonds is 4. The van der Waals surface area contributed by atoms with Crippen molar-refractivity contribution in [3.05, 3.63) is 87.2 Å². The Morgan fingerprint density at radius 3 is 2.71 bits per heavy atom. The second kappa shape index (κ2) is 7.47. The lowest BCUT2D eigenvalue weighted by Gasteiger charge is -2.05. The molecular formula is C20H12ClN5O2. The highest BCUT2D eigenvalue weighted by Gasteiger charge is 2.13. The molecule has 4 rings (SSSR count). The number of halogens is 1. The van der Waals surface area contributed by atoms with E-state index in [2.05, 4.69) is 21.3 Å². The van der Waals surface area contributed by atoms with Crippen LogP contribution in [0.2, 0.25) is 5.02 Å². The zero-order valence-corrected chi connectivity index (χ0v) is 15.2. The normalized spacial score (nSPS) is 10.6. The molecule has 4 aromatic rings. The van der Waals surface area contributed by atoms with E-state index >= 15 is 0 Å². The fourth-order valence-electron chi connectivity index (χ4n) is 2.63. The van der Waals surface area contributed by atoms with Crippen molar-refractivity contribution >= 4 is 11.6 Å².